The van der Waals surface area contributed by atoms with Gasteiger partial charge in [-0.05, 0) is 56.6 Å². The van der Waals surface area contributed by atoms with Crippen molar-refractivity contribution >= 4 is 0 Å². The summed E-state index contributed by atoms with van der Waals surface area (Å²) in [6.45, 7) is 6.19. The van der Waals surface area contributed by atoms with Gasteiger partial charge in [0.2, 0.25) is 0 Å². The molecule has 1 aromatic heterocycles. The monoisotopic (exact) mass is 234 g/mol. The van der Waals surface area contributed by atoms with Crippen molar-refractivity contribution in [3.63, 3.8) is 0 Å². The van der Waals surface area contributed by atoms with Crippen LogP contribution in [0.15, 0.2) is 18.5 Å². The number of nitrogens with zero attached hydrogens (tertiary/aromatic N) is 1. The number of hydrogen-bond acceptors (Lipinski definition) is 2. The molecule has 1 aromatic rings. The summed E-state index contributed by atoms with van der Waals surface area (Å²) in [6.07, 6.45) is 9.20. The minimum absolute atomic E-state index is 0.662. The lowest BCUT2D eigenvalue weighted by Gasteiger charge is -2.16. The van der Waals surface area contributed by atoms with Crippen LogP contribution in [0.2, 0.25) is 0 Å². The third-order valence-corrected chi connectivity index (χ3v) is 3.53. The molecule has 0 saturated carbocycles. The van der Waals surface area contributed by atoms with Crippen molar-refractivity contribution < 1.29 is 5.21 Å². The van der Waals surface area contributed by atoms with Crippen LogP contribution in [0.3, 0.4) is 0 Å². The van der Waals surface area contributed by atoms with E-state index in [1.165, 1.54) is 47.6 Å². The van der Waals surface area contributed by atoms with E-state index in [9.17, 15) is 5.21 Å². The maximum absolute atomic E-state index is 9.52. The number of nitrogens with one attached hydrogen (secondary N) is 1. The molecule has 0 bridgehead atoms. The van der Waals surface area contributed by atoms with Crippen LogP contribution in [0.1, 0.15) is 43.0 Å². The molecule has 0 unspecified atom stereocenters. The summed E-state index contributed by atoms with van der Waals surface area (Å²) < 4.78 is 0. The van der Waals surface area contributed by atoms with E-state index < -0.39 is 0 Å². The van der Waals surface area contributed by atoms with Gasteiger partial charge < -0.3 is 4.98 Å². The fraction of sp³-hybridized carbons (Fsp3) is 0.571. The van der Waals surface area contributed by atoms with Crippen LogP contribution in [-0.4, -0.2) is 21.8 Å². The van der Waals surface area contributed by atoms with E-state index in [2.05, 4.69) is 17.8 Å². The van der Waals surface area contributed by atoms with E-state index in [0.29, 0.717) is 12.2 Å². The van der Waals surface area contributed by atoms with Crippen molar-refractivity contribution in [2.45, 2.75) is 45.4 Å². The predicted octanol–water partition coefficient (Wildman–Crippen LogP) is 3.05. The Morgan fingerprint density at radius 2 is 2.24 bits per heavy atom. The molecule has 0 fully saturated rings. The lowest BCUT2D eigenvalue weighted by molar-refractivity contribution is -0.0550. The van der Waals surface area contributed by atoms with E-state index in [-0.39, 0.29) is 0 Å². The molecule has 1 aliphatic rings. The fourth-order valence-corrected chi connectivity index (χ4v) is 2.51. The maximum atomic E-state index is 9.52. The highest BCUT2D eigenvalue weighted by Gasteiger charge is 2.14. The summed E-state index contributed by atoms with van der Waals surface area (Å²) in [4.78, 5) is 3.39. The molecule has 17 heavy (non-hydrogen) atoms. The van der Waals surface area contributed by atoms with Crippen molar-refractivity contribution in [1.82, 2.24) is 10.0 Å². The van der Waals surface area contributed by atoms with Crippen LogP contribution in [0.25, 0.3) is 0 Å². The van der Waals surface area contributed by atoms with E-state index in [1.54, 1.807) is 0 Å². The Bertz CT molecular complexity index is 395. The second-order valence-corrected chi connectivity index (χ2v) is 4.94. The highest BCUT2D eigenvalue weighted by atomic mass is 16.5. The molecule has 0 radical (unpaired) electrons. The lowest BCUT2D eigenvalue weighted by Crippen LogP contribution is -2.18. The first-order chi connectivity index (χ1) is 8.18. The van der Waals surface area contributed by atoms with Gasteiger partial charge in [-0.1, -0.05) is 6.58 Å². The van der Waals surface area contributed by atoms with Gasteiger partial charge in [-0.15, -0.1) is 0 Å². The summed E-state index contributed by atoms with van der Waals surface area (Å²) in [6, 6.07) is 0. The molecule has 3 heteroatoms. The normalized spacial score (nSPS) is 14.5. The summed E-state index contributed by atoms with van der Waals surface area (Å²) >= 11 is 0. The molecule has 0 atom stereocenters. The van der Waals surface area contributed by atoms with Gasteiger partial charge in [0.15, 0.2) is 0 Å². The largest absolute Gasteiger partial charge is 0.364 e. The Labute approximate surface area is 103 Å². The number of allylic oxidation sites excluding steroid dienone is 1. The highest BCUT2D eigenvalue weighted by molar-refractivity contribution is 5.32. The Morgan fingerprint density at radius 3 is 3.00 bits per heavy atom. The summed E-state index contributed by atoms with van der Waals surface area (Å²) in [5, 5.41) is 10.8. The topological polar surface area (TPSA) is 39.3 Å². The van der Waals surface area contributed by atoms with Crippen LogP contribution < -0.4 is 0 Å². The second-order valence-electron chi connectivity index (χ2n) is 4.94. The van der Waals surface area contributed by atoms with Gasteiger partial charge in [0, 0.05) is 24.1 Å². The number of aryl methyl sites for hydroxylation is 2. The Kier molecular flexibility index (Phi) is 3.89. The quantitative estimate of drug-likeness (QED) is 0.769. The number of rotatable bonds is 5. The number of aromatic amines is 1. The molecule has 1 heterocycles. The van der Waals surface area contributed by atoms with Crippen molar-refractivity contribution in [2.75, 3.05) is 6.54 Å². The van der Waals surface area contributed by atoms with E-state index in [4.69, 9.17) is 0 Å². The molecule has 1 aliphatic carbocycles. The summed E-state index contributed by atoms with van der Waals surface area (Å²) in [7, 11) is 0. The molecule has 0 aliphatic heterocycles. The molecule has 0 spiro atoms. The van der Waals surface area contributed by atoms with E-state index in [0.717, 1.165) is 12.8 Å². The average molecular weight is 234 g/mol. The fourth-order valence-electron chi connectivity index (χ4n) is 2.51. The second kappa shape index (κ2) is 5.41. The predicted molar refractivity (Wildman–Crippen MR) is 69.1 cm³/mol. The third-order valence-electron chi connectivity index (χ3n) is 3.53. The molecule has 0 aromatic carbocycles. The zero-order chi connectivity index (χ0) is 12.3. The lowest BCUT2D eigenvalue weighted by atomic mass is 9.93. The number of aromatic nitrogens is 1. The van der Waals surface area contributed by atoms with E-state index in [1.807, 2.05) is 6.92 Å². The minimum Gasteiger partial charge on any atom is -0.364 e. The summed E-state index contributed by atoms with van der Waals surface area (Å²) in [5.41, 5.74) is 5.12. The first-order valence-corrected chi connectivity index (χ1v) is 6.48. The van der Waals surface area contributed by atoms with Crippen LogP contribution in [-0.2, 0) is 19.3 Å². The molecule has 94 valence electrons. The molecule has 3 nitrogen and oxygen atoms in total. The van der Waals surface area contributed by atoms with Gasteiger partial charge in [0.1, 0.15) is 0 Å². The highest BCUT2D eigenvalue weighted by Crippen LogP contribution is 2.24. The molecule has 0 saturated heterocycles. The van der Waals surface area contributed by atoms with Gasteiger partial charge in [0.05, 0.1) is 0 Å². The minimum atomic E-state index is 0.662. The van der Waals surface area contributed by atoms with Crippen molar-refractivity contribution in [2.24, 2.45) is 0 Å². The Hall–Kier alpha value is -1.22. The van der Waals surface area contributed by atoms with Crippen LogP contribution in [0, 0.1) is 0 Å². The first-order valence-electron chi connectivity index (χ1n) is 6.48. The molecular weight excluding hydrogens is 212 g/mol. The van der Waals surface area contributed by atoms with Gasteiger partial charge in [-0.2, -0.15) is 0 Å². The SMILES string of the molecule is C=C(C)N(O)CCCc1c[nH]c2c1CCCC2. The number of hydroxylamine groups is 2. The molecule has 2 rings (SSSR count). The Balaban J connectivity index is 1.87. The summed E-state index contributed by atoms with van der Waals surface area (Å²) in [5.74, 6) is 0. The third kappa shape index (κ3) is 2.91. The van der Waals surface area contributed by atoms with Gasteiger partial charge in [-0.25, -0.2) is 0 Å². The standard InChI is InChI=1S/C14H22N2O/c1-11(2)16(17)9-5-6-12-10-15-14-8-4-3-7-13(12)14/h10,15,17H,1,3-9H2,2H3. The van der Waals surface area contributed by atoms with Crippen molar-refractivity contribution in [3.8, 4) is 0 Å². The molecule has 2 N–H and O–H groups in total. The zero-order valence-corrected chi connectivity index (χ0v) is 10.6. The van der Waals surface area contributed by atoms with Crippen LogP contribution in [0.5, 0.6) is 0 Å². The first kappa shape index (κ1) is 12.2. The zero-order valence-electron chi connectivity index (χ0n) is 10.6. The number of fused-ring (bicyclic) bond motifs is 1. The van der Waals surface area contributed by atoms with Crippen molar-refractivity contribution in [1.29, 1.82) is 0 Å². The van der Waals surface area contributed by atoms with E-state index >= 15 is 0 Å². The smallest absolute Gasteiger partial charge is 0.0452 e. The maximum Gasteiger partial charge on any atom is 0.0452 e. The number of hydrogen-bond donors (Lipinski definition) is 2. The molecule has 0 amide bonds. The molecular formula is C14H22N2O. The van der Waals surface area contributed by atoms with Crippen LogP contribution >= 0.6 is 0 Å². The van der Waals surface area contributed by atoms with Gasteiger partial charge >= 0.3 is 0 Å². The Morgan fingerprint density at radius 1 is 1.47 bits per heavy atom. The van der Waals surface area contributed by atoms with Crippen LogP contribution in [0.4, 0.5) is 0 Å². The van der Waals surface area contributed by atoms with Gasteiger partial charge in [-0.3, -0.25) is 10.3 Å². The van der Waals surface area contributed by atoms with Gasteiger partial charge in [0.25, 0.3) is 0 Å². The number of H-pyrrole nitrogens is 1. The average Bonchev–Trinajstić information content (AvgIpc) is 2.72. The van der Waals surface area contributed by atoms with Crippen molar-refractivity contribution in [3.05, 3.63) is 35.3 Å².